The van der Waals surface area contributed by atoms with Crippen LogP contribution in [-0.4, -0.2) is 54.4 Å². The average molecular weight is 411 g/mol. The van der Waals surface area contributed by atoms with E-state index in [9.17, 15) is 14.0 Å². The van der Waals surface area contributed by atoms with Gasteiger partial charge in [-0.3, -0.25) is 14.5 Å². The lowest BCUT2D eigenvalue weighted by atomic mass is 10.0. The SMILES string of the molecule is O=C1CCc2cc(OCC(=O)N3CCCN(Cc4ccc(F)cc4)CC3)ccc2N1. The molecule has 6 nitrogen and oxygen atoms in total. The third kappa shape index (κ3) is 5.16. The Balaban J connectivity index is 1.27. The van der Waals surface area contributed by atoms with Crippen LogP contribution in [0.5, 0.6) is 5.75 Å². The largest absolute Gasteiger partial charge is 0.484 e. The Hall–Kier alpha value is -2.93. The van der Waals surface area contributed by atoms with Gasteiger partial charge in [0.1, 0.15) is 11.6 Å². The van der Waals surface area contributed by atoms with Crippen LogP contribution in [0, 0.1) is 5.82 Å². The number of nitrogens with zero attached hydrogens (tertiary/aromatic N) is 2. The van der Waals surface area contributed by atoms with Crippen LogP contribution in [-0.2, 0) is 22.6 Å². The number of carbonyl (C=O) groups excluding carboxylic acids is 2. The van der Waals surface area contributed by atoms with Gasteiger partial charge in [0.2, 0.25) is 5.91 Å². The van der Waals surface area contributed by atoms with Gasteiger partial charge in [0.05, 0.1) is 0 Å². The third-order valence-corrected chi connectivity index (χ3v) is 5.60. The summed E-state index contributed by atoms with van der Waals surface area (Å²) in [7, 11) is 0. The molecule has 0 spiro atoms. The van der Waals surface area contributed by atoms with Crippen LogP contribution in [0.25, 0.3) is 0 Å². The van der Waals surface area contributed by atoms with E-state index < -0.39 is 0 Å². The molecule has 0 aromatic heterocycles. The van der Waals surface area contributed by atoms with Gasteiger partial charge in [-0.25, -0.2) is 4.39 Å². The fraction of sp³-hybridized carbons (Fsp3) is 0.391. The maximum atomic E-state index is 13.1. The van der Waals surface area contributed by atoms with E-state index in [-0.39, 0.29) is 24.2 Å². The van der Waals surface area contributed by atoms with E-state index >= 15 is 0 Å². The number of nitrogens with one attached hydrogen (secondary N) is 1. The normalized spacial score (nSPS) is 17.1. The van der Waals surface area contributed by atoms with Gasteiger partial charge in [-0.1, -0.05) is 12.1 Å². The Morgan fingerprint density at radius 3 is 2.70 bits per heavy atom. The molecular weight excluding hydrogens is 385 g/mol. The van der Waals surface area contributed by atoms with Crippen LogP contribution in [0.4, 0.5) is 10.1 Å². The number of aryl methyl sites for hydroxylation is 1. The molecule has 1 saturated heterocycles. The van der Waals surface area contributed by atoms with Crippen LogP contribution < -0.4 is 10.1 Å². The summed E-state index contributed by atoms with van der Waals surface area (Å²) in [6, 6.07) is 12.1. The van der Waals surface area contributed by atoms with E-state index in [0.29, 0.717) is 31.7 Å². The van der Waals surface area contributed by atoms with Crippen molar-refractivity contribution in [3.05, 3.63) is 59.4 Å². The molecule has 2 aromatic carbocycles. The van der Waals surface area contributed by atoms with Crippen molar-refractivity contribution in [3.8, 4) is 5.75 Å². The fourth-order valence-corrected chi connectivity index (χ4v) is 3.91. The molecule has 0 atom stereocenters. The summed E-state index contributed by atoms with van der Waals surface area (Å²) in [4.78, 5) is 28.2. The molecule has 2 heterocycles. The van der Waals surface area contributed by atoms with Crippen LogP contribution in [0.1, 0.15) is 24.0 Å². The first kappa shape index (κ1) is 20.3. The van der Waals surface area contributed by atoms with Crippen molar-refractivity contribution in [2.75, 3.05) is 38.1 Å². The summed E-state index contributed by atoms with van der Waals surface area (Å²) in [6.07, 6.45) is 2.05. The number of halogens is 1. The summed E-state index contributed by atoms with van der Waals surface area (Å²) >= 11 is 0. The Morgan fingerprint density at radius 1 is 1.03 bits per heavy atom. The van der Waals surface area contributed by atoms with Crippen molar-refractivity contribution in [2.24, 2.45) is 0 Å². The molecule has 30 heavy (non-hydrogen) atoms. The highest BCUT2D eigenvalue weighted by atomic mass is 19.1. The second-order valence-electron chi connectivity index (χ2n) is 7.79. The van der Waals surface area contributed by atoms with Gasteiger partial charge in [0.25, 0.3) is 5.91 Å². The maximum Gasteiger partial charge on any atom is 0.260 e. The number of anilines is 1. The summed E-state index contributed by atoms with van der Waals surface area (Å²) < 4.78 is 18.8. The van der Waals surface area contributed by atoms with Crippen LogP contribution >= 0.6 is 0 Å². The van der Waals surface area contributed by atoms with Gasteiger partial charge in [-0.05, 0) is 54.3 Å². The number of amides is 2. The van der Waals surface area contributed by atoms with Crippen LogP contribution in [0.15, 0.2) is 42.5 Å². The van der Waals surface area contributed by atoms with Crippen molar-refractivity contribution < 1.29 is 18.7 Å². The number of benzene rings is 2. The number of fused-ring (bicyclic) bond motifs is 1. The van der Waals surface area contributed by atoms with Crippen molar-refractivity contribution in [2.45, 2.75) is 25.8 Å². The summed E-state index contributed by atoms with van der Waals surface area (Å²) in [6.45, 7) is 3.80. The predicted octanol–water partition coefficient (Wildman–Crippen LogP) is 2.82. The lowest BCUT2D eigenvalue weighted by Crippen LogP contribution is -2.38. The number of rotatable bonds is 5. The molecular formula is C23H26FN3O3. The molecule has 0 bridgehead atoms. The highest BCUT2D eigenvalue weighted by Crippen LogP contribution is 2.26. The predicted molar refractivity (Wildman–Crippen MR) is 112 cm³/mol. The zero-order valence-electron chi connectivity index (χ0n) is 16.9. The lowest BCUT2D eigenvalue weighted by Gasteiger charge is -2.22. The van der Waals surface area contributed by atoms with E-state index in [1.54, 1.807) is 18.2 Å². The summed E-state index contributed by atoms with van der Waals surface area (Å²) in [5.41, 5.74) is 2.92. The fourth-order valence-electron chi connectivity index (χ4n) is 3.91. The van der Waals surface area contributed by atoms with Crippen molar-refractivity contribution in [1.29, 1.82) is 0 Å². The van der Waals surface area contributed by atoms with Gasteiger partial charge >= 0.3 is 0 Å². The number of hydrogen-bond acceptors (Lipinski definition) is 4. The van der Waals surface area contributed by atoms with E-state index in [4.69, 9.17) is 4.74 Å². The Morgan fingerprint density at radius 2 is 1.87 bits per heavy atom. The topological polar surface area (TPSA) is 61.9 Å². The Bertz CT molecular complexity index is 916. The quantitative estimate of drug-likeness (QED) is 0.822. The molecule has 7 heteroatoms. The molecule has 2 aliphatic rings. The molecule has 4 rings (SSSR count). The minimum Gasteiger partial charge on any atom is -0.484 e. The highest BCUT2D eigenvalue weighted by molar-refractivity contribution is 5.94. The number of ether oxygens (including phenoxy) is 1. The van der Waals surface area contributed by atoms with Crippen molar-refractivity contribution >= 4 is 17.5 Å². The molecule has 0 saturated carbocycles. The summed E-state index contributed by atoms with van der Waals surface area (Å²) in [5, 5.41) is 2.84. The first-order valence-corrected chi connectivity index (χ1v) is 10.4. The van der Waals surface area contributed by atoms with Gasteiger partial charge in [0, 0.05) is 44.8 Å². The van der Waals surface area contributed by atoms with E-state index in [1.165, 1.54) is 12.1 Å². The molecule has 0 radical (unpaired) electrons. The molecule has 1 N–H and O–H groups in total. The number of hydrogen-bond donors (Lipinski definition) is 1. The van der Waals surface area contributed by atoms with Gasteiger partial charge in [0.15, 0.2) is 6.61 Å². The molecule has 0 unspecified atom stereocenters. The lowest BCUT2D eigenvalue weighted by molar-refractivity contribution is -0.133. The monoisotopic (exact) mass is 411 g/mol. The van der Waals surface area contributed by atoms with Crippen LogP contribution in [0.3, 0.4) is 0 Å². The second-order valence-corrected chi connectivity index (χ2v) is 7.79. The van der Waals surface area contributed by atoms with Crippen LogP contribution in [0.2, 0.25) is 0 Å². The average Bonchev–Trinajstić information content (AvgIpc) is 2.99. The maximum absolute atomic E-state index is 13.1. The standard InChI is InChI=1S/C23H26FN3O3/c24-19-5-2-17(3-6-19)15-26-10-1-11-27(13-12-26)23(29)16-30-20-7-8-21-18(14-20)4-9-22(28)25-21/h2-3,5-8,14H,1,4,9-13,15-16H2,(H,25,28). The Kier molecular flexibility index (Phi) is 6.28. The minimum absolute atomic E-state index is 0.00308. The number of carbonyl (C=O) groups is 2. The zero-order valence-corrected chi connectivity index (χ0v) is 16.9. The molecule has 2 amide bonds. The van der Waals surface area contributed by atoms with Gasteiger partial charge < -0.3 is 15.0 Å². The first-order chi connectivity index (χ1) is 14.6. The van der Waals surface area contributed by atoms with Gasteiger partial charge in [-0.2, -0.15) is 0 Å². The first-order valence-electron chi connectivity index (χ1n) is 10.4. The Labute approximate surface area is 175 Å². The second kappa shape index (κ2) is 9.26. The zero-order chi connectivity index (χ0) is 20.9. The molecule has 158 valence electrons. The minimum atomic E-state index is -0.227. The van der Waals surface area contributed by atoms with E-state index in [1.807, 2.05) is 17.0 Å². The van der Waals surface area contributed by atoms with Gasteiger partial charge in [-0.15, -0.1) is 0 Å². The third-order valence-electron chi connectivity index (χ3n) is 5.60. The highest BCUT2D eigenvalue weighted by Gasteiger charge is 2.20. The smallest absolute Gasteiger partial charge is 0.260 e. The van der Waals surface area contributed by atoms with E-state index in [2.05, 4.69) is 10.2 Å². The molecule has 0 aliphatic carbocycles. The van der Waals surface area contributed by atoms with Crippen molar-refractivity contribution in [3.63, 3.8) is 0 Å². The van der Waals surface area contributed by atoms with E-state index in [0.717, 1.165) is 42.9 Å². The van der Waals surface area contributed by atoms with Crippen molar-refractivity contribution in [1.82, 2.24) is 9.80 Å². The molecule has 2 aromatic rings. The summed E-state index contributed by atoms with van der Waals surface area (Å²) in [5.74, 6) is 0.423. The molecule has 2 aliphatic heterocycles. The molecule has 1 fully saturated rings.